The summed E-state index contributed by atoms with van der Waals surface area (Å²) in [5.74, 6) is -1.09. The molecule has 2 heterocycles. The fourth-order valence-corrected chi connectivity index (χ4v) is 4.27. The van der Waals surface area contributed by atoms with E-state index < -0.39 is 29.9 Å². The van der Waals surface area contributed by atoms with Crippen LogP contribution in [0.2, 0.25) is 0 Å². The molecule has 4 rings (SSSR count). The topological polar surface area (TPSA) is 117 Å². The number of urea groups is 1. The van der Waals surface area contributed by atoms with Crippen LogP contribution in [0.1, 0.15) is 29.7 Å². The van der Waals surface area contributed by atoms with Crippen LogP contribution in [0, 0.1) is 5.92 Å². The molecule has 2 atom stereocenters. The lowest BCUT2D eigenvalue weighted by molar-refractivity contribution is -0.157. The van der Waals surface area contributed by atoms with Gasteiger partial charge in [0.2, 0.25) is 11.8 Å². The van der Waals surface area contributed by atoms with E-state index in [1.807, 2.05) is 60.7 Å². The van der Waals surface area contributed by atoms with Gasteiger partial charge in [0.05, 0.1) is 12.0 Å². The maximum atomic E-state index is 13.3. The minimum Gasteiger partial charge on any atom is -0.384 e. The fraction of sp³-hybridized carbons (Fsp3) is 0.231. The van der Waals surface area contributed by atoms with Crippen LogP contribution in [0.5, 0.6) is 0 Å². The first-order valence-corrected chi connectivity index (χ1v) is 11.2. The number of likely N-dealkylation sites (N-methyl/N-ethyl adjacent to an activating group) is 1. The van der Waals surface area contributed by atoms with Crippen molar-refractivity contribution in [2.45, 2.75) is 25.4 Å². The van der Waals surface area contributed by atoms with Crippen LogP contribution >= 0.6 is 0 Å². The molecule has 1 fully saturated rings. The summed E-state index contributed by atoms with van der Waals surface area (Å²) in [5, 5.41) is 5.71. The van der Waals surface area contributed by atoms with Crippen molar-refractivity contribution in [1.82, 2.24) is 20.5 Å². The quantitative estimate of drug-likeness (QED) is 0.472. The van der Waals surface area contributed by atoms with Gasteiger partial charge in [-0.25, -0.2) is 9.78 Å². The molecule has 0 radical (unpaired) electrons. The number of β-lactam (4-membered cyclic amide) rings is 1. The number of anilines is 1. The average molecular weight is 458 g/mol. The van der Waals surface area contributed by atoms with E-state index in [0.29, 0.717) is 12.4 Å². The third-order valence-corrected chi connectivity index (χ3v) is 5.89. The number of pyridine rings is 1. The molecular formula is C26H27N5O3. The molecule has 8 heteroatoms. The van der Waals surface area contributed by atoms with Crippen LogP contribution in [0.4, 0.5) is 10.6 Å². The maximum Gasteiger partial charge on any atom is 0.325 e. The number of hydrogen-bond donors (Lipinski definition) is 3. The minimum absolute atomic E-state index is 0.290. The molecule has 2 aromatic carbocycles. The number of hydrogen-bond acceptors (Lipinski definition) is 5. The zero-order chi connectivity index (χ0) is 24.1. The van der Waals surface area contributed by atoms with Crippen molar-refractivity contribution in [3.8, 4) is 0 Å². The first kappa shape index (κ1) is 23.0. The second-order valence-corrected chi connectivity index (χ2v) is 8.15. The van der Waals surface area contributed by atoms with Gasteiger partial charge in [-0.15, -0.1) is 0 Å². The SMILES string of the molecule is CCNC(=O)[C@@H]1C(Cc2ccnc(N)c2)C(=O)N1C(=O)NC(c1ccccc1)c1ccccc1. The first-order chi connectivity index (χ1) is 16.5. The number of nitrogens with one attached hydrogen (secondary N) is 2. The standard InChI is InChI=1S/C26H27N5O3/c1-2-28-24(32)23-20(15-17-13-14-29-21(27)16-17)25(33)31(23)26(34)30-22(18-9-5-3-6-10-18)19-11-7-4-8-12-19/h3-14,16,20,22-23H,2,15H2,1H3,(H2,27,29)(H,28,32)(H,30,34)/t20?,23-/m0/s1. The second kappa shape index (κ2) is 10.2. The smallest absolute Gasteiger partial charge is 0.325 e. The Bertz CT molecular complexity index is 1130. The van der Waals surface area contributed by atoms with E-state index in [1.165, 1.54) is 0 Å². The number of carbonyl (C=O) groups excluding carboxylic acids is 3. The van der Waals surface area contributed by atoms with Gasteiger partial charge in [0, 0.05) is 12.7 Å². The van der Waals surface area contributed by atoms with Crippen LogP contribution in [0.25, 0.3) is 0 Å². The molecule has 34 heavy (non-hydrogen) atoms. The number of carbonyl (C=O) groups is 3. The number of nitrogens with two attached hydrogens (primary N) is 1. The van der Waals surface area contributed by atoms with Crippen LogP contribution in [0.15, 0.2) is 79.0 Å². The van der Waals surface area contributed by atoms with Crippen molar-refractivity contribution in [3.63, 3.8) is 0 Å². The normalized spacial score (nSPS) is 17.2. The zero-order valence-corrected chi connectivity index (χ0v) is 18.8. The predicted octanol–water partition coefficient (Wildman–Crippen LogP) is 2.67. The molecule has 0 aliphatic carbocycles. The lowest BCUT2D eigenvalue weighted by Crippen LogP contribution is -2.70. The van der Waals surface area contributed by atoms with Gasteiger partial charge in [0.1, 0.15) is 11.9 Å². The monoisotopic (exact) mass is 457 g/mol. The van der Waals surface area contributed by atoms with Crippen molar-refractivity contribution in [3.05, 3.63) is 95.7 Å². The van der Waals surface area contributed by atoms with E-state index in [9.17, 15) is 14.4 Å². The number of likely N-dealkylation sites (tertiary alicyclic amines) is 1. The van der Waals surface area contributed by atoms with Gasteiger partial charge in [-0.1, -0.05) is 60.7 Å². The van der Waals surface area contributed by atoms with Crippen LogP contribution in [-0.4, -0.2) is 40.3 Å². The highest BCUT2D eigenvalue weighted by molar-refractivity contribution is 6.09. The molecule has 8 nitrogen and oxygen atoms in total. The summed E-state index contributed by atoms with van der Waals surface area (Å²) in [6, 6.07) is 20.4. The van der Waals surface area contributed by atoms with Crippen molar-refractivity contribution in [2.24, 2.45) is 5.92 Å². The van der Waals surface area contributed by atoms with Crippen LogP contribution in [0.3, 0.4) is 0 Å². The summed E-state index contributed by atoms with van der Waals surface area (Å²) in [6.45, 7) is 2.19. The molecule has 1 aromatic heterocycles. The summed E-state index contributed by atoms with van der Waals surface area (Å²) in [7, 11) is 0. The largest absolute Gasteiger partial charge is 0.384 e. The summed E-state index contributed by atoms with van der Waals surface area (Å²) >= 11 is 0. The van der Waals surface area contributed by atoms with Gasteiger partial charge in [0.25, 0.3) is 0 Å². The van der Waals surface area contributed by atoms with E-state index in [0.717, 1.165) is 21.6 Å². The molecule has 1 aliphatic heterocycles. The second-order valence-electron chi connectivity index (χ2n) is 8.15. The van der Waals surface area contributed by atoms with Gasteiger partial charge < -0.3 is 16.4 Å². The summed E-state index contributed by atoms with van der Waals surface area (Å²) in [4.78, 5) is 44.3. The van der Waals surface area contributed by atoms with E-state index in [2.05, 4.69) is 15.6 Å². The highest BCUT2D eigenvalue weighted by atomic mass is 16.2. The predicted molar refractivity (Wildman–Crippen MR) is 128 cm³/mol. The number of rotatable bonds is 7. The highest BCUT2D eigenvalue weighted by Crippen LogP contribution is 2.32. The number of aromatic nitrogens is 1. The first-order valence-electron chi connectivity index (χ1n) is 11.2. The summed E-state index contributed by atoms with van der Waals surface area (Å²) in [5.41, 5.74) is 8.28. The molecule has 0 spiro atoms. The Balaban J connectivity index is 1.58. The Labute approximate surface area is 198 Å². The Morgan fingerprint density at radius 1 is 1.03 bits per heavy atom. The Morgan fingerprint density at radius 3 is 2.21 bits per heavy atom. The molecule has 3 aromatic rings. The van der Waals surface area contributed by atoms with Crippen LogP contribution < -0.4 is 16.4 Å². The molecular weight excluding hydrogens is 430 g/mol. The van der Waals surface area contributed by atoms with Crippen molar-refractivity contribution < 1.29 is 14.4 Å². The highest BCUT2D eigenvalue weighted by Gasteiger charge is 2.54. The number of nitrogen functional groups attached to an aromatic ring is 1. The lowest BCUT2D eigenvalue weighted by atomic mass is 9.82. The summed E-state index contributed by atoms with van der Waals surface area (Å²) < 4.78 is 0. The molecule has 4 N–H and O–H groups in total. The summed E-state index contributed by atoms with van der Waals surface area (Å²) in [6.07, 6.45) is 1.85. The van der Waals surface area contributed by atoms with E-state index in [1.54, 1.807) is 25.3 Å². The minimum atomic E-state index is -0.908. The van der Waals surface area contributed by atoms with Crippen molar-refractivity contribution >= 4 is 23.7 Å². The van der Waals surface area contributed by atoms with Crippen molar-refractivity contribution in [2.75, 3.05) is 12.3 Å². The Kier molecular flexibility index (Phi) is 6.87. The molecule has 1 unspecified atom stereocenters. The van der Waals surface area contributed by atoms with Gasteiger partial charge in [-0.2, -0.15) is 0 Å². The van der Waals surface area contributed by atoms with Crippen LogP contribution in [-0.2, 0) is 16.0 Å². The average Bonchev–Trinajstić information content (AvgIpc) is 2.85. The van der Waals surface area contributed by atoms with Gasteiger partial charge >= 0.3 is 6.03 Å². The van der Waals surface area contributed by atoms with Gasteiger partial charge in [-0.05, 0) is 42.2 Å². The zero-order valence-electron chi connectivity index (χ0n) is 18.8. The van der Waals surface area contributed by atoms with Gasteiger partial charge in [0.15, 0.2) is 0 Å². The van der Waals surface area contributed by atoms with E-state index in [-0.39, 0.29) is 12.3 Å². The van der Waals surface area contributed by atoms with E-state index in [4.69, 9.17) is 5.73 Å². The van der Waals surface area contributed by atoms with Crippen molar-refractivity contribution in [1.29, 1.82) is 0 Å². The third-order valence-electron chi connectivity index (χ3n) is 5.89. The Hall–Kier alpha value is -4.20. The molecule has 174 valence electrons. The number of amides is 4. The molecule has 4 amide bonds. The molecule has 1 saturated heterocycles. The Morgan fingerprint density at radius 2 is 1.65 bits per heavy atom. The number of imide groups is 1. The lowest BCUT2D eigenvalue weighted by Gasteiger charge is -2.44. The maximum absolute atomic E-state index is 13.3. The fourth-order valence-electron chi connectivity index (χ4n) is 4.27. The molecule has 0 saturated carbocycles. The third kappa shape index (κ3) is 4.76. The number of nitrogens with zero attached hydrogens (tertiary/aromatic N) is 2. The molecule has 0 bridgehead atoms. The number of benzene rings is 2. The molecule has 1 aliphatic rings. The van der Waals surface area contributed by atoms with E-state index >= 15 is 0 Å². The van der Waals surface area contributed by atoms with Gasteiger partial charge in [-0.3, -0.25) is 14.5 Å².